The van der Waals surface area contributed by atoms with Crippen LogP contribution in [0.25, 0.3) is 11.0 Å². The highest BCUT2D eigenvalue weighted by Gasteiger charge is 2.38. The zero-order valence-corrected chi connectivity index (χ0v) is 22.1. The van der Waals surface area contributed by atoms with Crippen LogP contribution in [0.3, 0.4) is 0 Å². The number of aryl methyl sites for hydroxylation is 2. The topological polar surface area (TPSA) is 120 Å². The number of nitrogens with zero attached hydrogens (tertiary/aromatic N) is 4. The number of fused-ring (bicyclic) bond motifs is 3. The second-order valence-corrected chi connectivity index (χ2v) is 10.5. The van der Waals surface area contributed by atoms with E-state index in [2.05, 4.69) is 20.5 Å². The Kier molecular flexibility index (Phi) is 7.09. The van der Waals surface area contributed by atoms with Gasteiger partial charge in [0.05, 0.1) is 17.6 Å². The van der Waals surface area contributed by atoms with Crippen molar-refractivity contribution >= 4 is 28.7 Å². The van der Waals surface area contributed by atoms with Gasteiger partial charge >= 0.3 is 5.69 Å². The van der Waals surface area contributed by atoms with Gasteiger partial charge in [0.2, 0.25) is 17.7 Å². The SMILES string of the molecule is Cn1c(=O)n(C2CCC(=O)NC2=O)c2ccc(CCCOCCOc3cccc(N4C[C@H]5C[C@@H]4CN5)n3)cc21. The minimum Gasteiger partial charge on any atom is -0.475 e. The van der Waals surface area contributed by atoms with E-state index in [0.29, 0.717) is 49.7 Å². The van der Waals surface area contributed by atoms with Crippen molar-refractivity contribution in [3.63, 3.8) is 0 Å². The van der Waals surface area contributed by atoms with Gasteiger partial charge in [-0.25, -0.2) is 4.79 Å². The molecule has 2 aromatic heterocycles. The zero-order valence-electron chi connectivity index (χ0n) is 22.1. The van der Waals surface area contributed by atoms with Crippen LogP contribution in [0.2, 0.25) is 0 Å². The fourth-order valence-corrected chi connectivity index (χ4v) is 5.97. The molecule has 2 bridgehead atoms. The minimum atomic E-state index is -0.675. The summed E-state index contributed by atoms with van der Waals surface area (Å²) in [5, 5.41) is 5.85. The molecule has 2 N–H and O–H groups in total. The largest absolute Gasteiger partial charge is 0.475 e. The van der Waals surface area contributed by atoms with Gasteiger partial charge in [0.1, 0.15) is 18.5 Å². The number of pyridine rings is 1. The minimum absolute atomic E-state index is 0.225. The van der Waals surface area contributed by atoms with Crippen molar-refractivity contribution in [2.24, 2.45) is 7.05 Å². The summed E-state index contributed by atoms with van der Waals surface area (Å²) in [5.41, 5.74) is 2.29. The maximum atomic E-state index is 12.9. The van der Waals surface area contributed by atoms with Crippen molar-refractivity contribution in [2.45, 2.75) is 50.2 Å². The summed E-state index contributed by atoms with van der Waals surface area (Å²) >= 11 is 0. The molecule has 0 aliphatic carbocycles. The average molecular weight is 535 g/mol. The van der Waals surface area contributed by atoms with Gasteiger partial charge in [-0.1, -0.05) is 12.1 Å². The lowest BCUT2D eigenvalue weighted by Crippen LogP contribution is -2.44. The summed E-state index contributed by atoms with van der Waals surface area (Å²) in [6.07, 6.45) is 3.35. The highest BCUT2D eigenvalue weighted by molar-refractivity contribution is 6.00. The maximum absolute atomic E-state index is 12.9. The Labute approximate surface area is 226 Å². The van der Waals surface area contributed by atoms with E-state index < -0.39 is 11.9 Å². The van der Waals surface area contributed by atoms with E-state index in [1.807, 2.05) is 36.4 Å². The van der Waals surface area contributed by atoms with Crippen molar-refractivity contribution in [3.8, 4) is 5.88 Å². The van der Waals surface area contributed by atoms with Gasteiger partial charge in [0, 0.05) is 51.3 Å². The van der Waals surface area contributed by atoms with Gasteiger partial charge in [-0.05, 0) is 49.4 Å². The molecule has 0 radical (unpaired) electrons. The fraction of sp³-hybridized carbons (Fsp3) is 0.500. The monoisotopic (exact) mass is 534 g/mol. The Morgan fingerprint density at radius 2 is 1.97 bits per heavy atom. The molecule has 206 valence electrons. The lowest BCUT2D eigenvalue weighted by Gasteiger charge is -2.28. The molecule has 3 aliphatic rings. The van der Waals surface area contributed by atoms with E-state index in [0.717, 1.165) is 42.8 Å². The van der Waals surface area contributed by atoms with Crippen molar-refractivity contribution in [3.05, 3.63) is 52.4 Å². The molecule has 1 aromatic carbocycles. The van der Waals surface area contributed by atoms with E-state index in [4.69, 9.17) is 9.47 Å². The normalized spacial score (nSPS) is 22.6. The summed E-state index contributed by atoms with van der Waals surface area (Å²) in [6, 6.07) is 12.2. The van der Waals surface area contributed by atoms with Gasteiger partial charge in [-0.2, -0.15) is 4.98 Å². The summed E-state index contributed by atoms with van der Waals surface area (Å²) in [4.78, 5) is 43.9. The fourth-order valence-electron chi connectivity index (χ4n) is 5.97. The number of hydrogen-bond donors (Lipinski definition) is 2. The number of benzene rings is 1. The summed E-state index contributed by atoms with van der Waals surface area (Å²) in [7, 11) is 1.71. The molecule has 5 heterocycles. The Hall–Kier alpha value is -3.70. The highest BCUT2D eigenvalue weighted by Crippen LogP contribution is 2.29. The molecule has 11 nitrogen and oxygen atoms in total. The third kappa shape index (κ3) is 5.16. The van der Waals surface area contributed by atoms with Crippen LogP contribution < -0.4 is 26.0 Å². The molecule has 3 fully saturated rings. The Morgan fingerprint density at radius 1 is 1.08 bits per heavy atom. The van der Waals surface area contributed by atoms with E-state index in [-0.39, 0.29) is 18.0 Å². The lowest BCUT2D eigenvalue weighted by molar-refractivity contribution is -0.135. The Balaban J connectivity index is 0.971. The molecule has 2 amide bonds. The first kappa shape index (κ1) is 25.6. The number of rotatable bonds is 10. The smallest absolute Gasteiger partial charge is 0.329 e. The molecular weight excluding hydrogens is 500 g/mol. The van der Waals surface area contributed by atoms with Gasteiger partial charge in [-0.3, -0.25) is 24.0 Å². The number of piperazine rings is 1. The molecular formula is C28H34N6O5. The third-order valence-corrected chi connectivity index (χ3v) is 7.97. The number of nitrogens with one attached hydrogen (secondary N) is 2. The summed E-state index contributed by atoms with van der Waals surface area (Å²) in [5.74, 6) is 0.873. The molecule has 3 saturated heterocycles. The van der Waals surface area contributed by atoms with Gasteiger partial charge in [0.15, 0.2) is 0 Å². The molecule has 1 unspecified atom stereocenters. The van der Waals surface area contributed by atoms with Crippen LogP contribution in [0, 0.1) is 0 Å². The van der Waals surface area contributed by atoms with Crippen molar-refractivity contribution < 1.29 is 19.1 Å². The second-order valence-electron chi connectivity index (χ2n) is 10.5. The molecule has 6 rings (SSSR count). The predicted octanol–water partition coefficient (Wildman–Crippen LogP) is 1.29. The lowest BCUT2D eigenvalue weighted by atomic mass is 10.1. The van der Waals surface area contributed by atoms with Crippen LogP contribution in [0.5, 0.6) is 5.88 Å². The van der Waals surface area contributed by atoms with Crippen LogP contribution in [0.1, 0.15) is 37.3 Å². The molecule has 11 heteroatoms. The number of carbonyl (C=O) groups is 2. The van der Waals surface area contributed by atoms with Crippen molar-refractivity contribution in [1.82, 2.24) is 24.8 Å². The maximum Gasteiger partial charge on any atom is 0.329 e. The summed E-state index contributed by atoms with van der Waals surface area (Å²) in [6.45, 7) is 3.53. The molecule has 0 saturated carbocycles. The molecule has 3 aliphatic heterocycles. The highest BCUT2D eigenvalue weighted by atomic mass is 16.5. The third-order valence-electron chi connectivity index (χ3n) is 7.97. The van der Waals surface area contributed by atoms with Crippen molar-refractivity contribution in [1.29, 1.82) is 0 Å². The molecule has 3 atom stereocenters. The number of imidazole rings is 1. The van der Waals surface area contributed by atoms with Crippen LogP contribution in [-0.2, 0) is 27.8 Å². The first-order valence-corrected chi connectivity index (χ1v) is 13.7. The van der Waals surface area contributed by atoms with Crippen LogP contribution >= 0.6 is 0 Å². The average Bonchev–Trinajstić information content (AvgIpc) is 3.63. The molecule has 3 aromatic rings. The number of ether oxygens (including phenoxy) is 2. The van der Waals surface area contributed by atoms with E-state index in [1.165, 1.54) is 11.0 Å². The molecule has 39 heavy (non-hydrogen) atoms. The zero-order chi connectivity index (χ0) is 26.9. The Bertz CT molecular complexity index is 1450. The van der Waals surface area contributed by atoms with Crippen LogP contribution in [-0.4, -0.2) is 70.9 Å². The van der Waals surface area contributed by atoms with Crippen molar-refractivity contribution in [2.75, 3.05) is 37.8 Å². The molecule has 0 spiro atoms. The van der Waals surface area contributed by atoms with E-state index in [9.17, 15) is 14.4 Å². The number of carbonyl (C=O) groups excluding carboxylic acids is 2. The summed E-state index contributed by atoms with van der Waals surface area (Å²) < 4.78 is 14.7. The van der Waals surface area contributed by atoms with Crippen LogP contribution in [0.4, 0.5) is 5.82 Å². The standard InChI is InChI=1S/C28H34N6O5/c1-32-23-14-18(7-8-21(23)34(28(32)37)22-9-10-25(35)31-27(22)36)4-3-11-38-12-13-39-26-6-2-5-24(30-26)33-17-19-15-20(33)16-29-19/h2,5-8,14,19-20,22,29H,3-4,9-13,15-17H2,1H3,(H,31,35,36)/t19-,20-,22?/m1/s1. The second kappa shape index (κ2) is 10.8. The van der Waals surface area contributed by atoms with Gasteiger partial charge < -0.3 is 19.7 Å². The van der Waals surface area contributed by atoms with Crippen LogP contribution in [0.15, 0.2) is 41.2 Å². The van der Waals surface area contributed by atoms with E-state index >= 15 is 0 Å². The first-order chi connectivity index (χ1) is 19.0. The first-order valence-electron chi connectivity index (χ1n) is 13.7. The number of piperidine rings is 1. The number of hydrogen-bond acceptors (Lipinski definition) is 8. The number of anilines is 1. The number of amides is 2. The van der Waals surface area contributed by atoms with E-state index in [1.54, 1.807) is 11.6 Å². The quantitative estimate of drug-likeness (QED) is 0.295. The Morgan fingerprint density at radius 3 is 2.77 bits per heavy atom. The number of aromatic nitrogens is 3. The predicted molar refractivity (Wildman–Crippen MR) is 145 cm³/mol. The number of imide groups is 1. The van der Waals surface area contributed by atoms with Gasteiger partial charge in [-0.15, -0.1) is 0 Å². The van der Waals surface area contributed by atoms with Gasteiger partial charge in [0.25, 0.3) is 0 Å².